The number of rotatable bonds is 5. The summed E-state index contributed by atoms with van der Waals surface area (Å²) in [4.78, 5) is 31.6. The van der Waals surface area contributed by atoms with E-state index in [1.165, 1.54) is 11.0 Å². The molecule has 2 aliphatic rings. The second-order valence-electron chi connectivity index (χ2n) is 10.5. The summed E-state index contributed by atoms with van der Waals surface area (Å²) in [6.07, 6.45) is -5.53. The number of halogens is 4. The molecule has 2 aliphatic heterocycles. The number of sulfone groups is 1. The molecule has 8 nitrogen and oxygen atoms in total. The van der Waals surface area contributed by atoms with E-state index in [-0.39, 0.29) is 28.8 Å². The zero-order valence-corrected chi connectivity index (χ0v) is 24.1. The molecule has 2 aromatic rings. The number of amidine groups is 1. The lowest BCUT2D eigenvalue weighted by atomic mass is 10.1. The van der Waals surface area contributed by atoms with Gasteiger partial charge in [-0.3, -0.25) is 4.79 Å². The number of nitrogens with one attached hydrogen (secondary N) is 1. The molecule has 2 aromatic carbocycles. The predicted octanol–water partition coefficient (Wildman–Crippen LogP) is 5.10. The molecule has 2 amide bonds. The van der Waals surface area contributed by atoms with Crippen LogP contribution in [0.3, 0.4) is 0 Å². The molecule has 2 saturated heterocycles. The number of amides is 2. The summed E-state index contributed by atoms with van der Waals surface area (Å²) in [5.41, 5.74) is -1.20. The number of thioether (sulfide) groups is 1. The van der Waals surface area contributed by atoms with Gasteiger partial charge in [-0.2, -0.15) is 18.2 Å². The maximum Gasteiger partial charge on any atom is 0.417 e. The number of hydrogen-bond donors (Lipinski definition) is 1. The Bertz CT molecular complexity index is 1430. The molecule has 0 bridgehead atoms. The number of carbonyl (C=O) groups is 2. The van der Waals surface area contributed by atoms with Crippen molar-refractivity contribution in [1.82, 2.24) is 5.32 Å². The number of fused-ring (bicyclic) bond motifs is 1. The third-order valence-electron chi connectivity index (χ3n) is 6.08. The minimum Gasteiger partial charge on any atom is -0.444 e. The van der Waals surface area contributed by atoms with Crippen LogP contribution in [0.2, 0.25) is 5.02 Å². The van der Waals surface area contributed by atoms with Crippen LogP contribution in [-0.4, -0.2) is 60.0 Å². The molecule has 1 N–H and O–H groups in total. The van der Waals surface area contributed by atoms with Crippen molar-refractivity contribution in [1.29, 1.82) is 0 Å². The number of carbonyl (C=O) groups excluding carboxylic acids is 2. The third kappa shape index (κ3) is 7.29. The lowest BCUT2D eigenvalue weighted by Gasteiger charge is -2.26. The average molecular weight is 618 g/mol. The van der Waals surface area contributed by atoms with Gasteiger partial charge in [-0.15, -0.1) is 0 Å². The van der Waals surface area contributed by atoms with Crippen molar-refractivity contribution in [3.05, 3.63) is 64.7 Å². The number of alkyl halides is 3. The Kier molecular flexibility index (Phi) is 8.49. The fourth-order valence-electron chi connectivity index (χ4n) is 4.42. The van der Waals surface area contributed by atoms with Crippen molar-refractivity contribution in [3.8, 4) is 0 Å². The number of alkyl carbamates (subject to hydrolysis) is 1. The molecule has 3 atom stereocenters. The fourth-order valence-corrected chi connectivity index (χ4v) is 8.56. The van der Waals surface area contributed by atoms with Crippen LogP contribution in [0.5, 0.6) is 0 Å². The molecule has 0 aliphatic carbocycles. The summed E-state index contributed by atoms with van der Waals surface area (Å²) in [5.74, 6) is -1.30. The van der Waals surface area contributed by atoms with Gasteiger partial charge in [0.15, 0.2) is 15.0 Å². The Balaban J connectivity index is 1.71. The minimum absolute atomic E-state index is 0.0000795. The summed E-state index contributed by atoms with van der Waals surface area (Å²) >= 11 is 6.80. The van der Waals surface area contributed by atoms with Crippen molar-refractivity contribution in [2.24, 2.45) is 4.99 Å². The number of ether oxygens (including phenoxy) is 1. The van der Waals surface area contributed by atoms with Crippen LogP contribution in [0.1, 0.15) is 31.9 Å². The topological polar surface area (TPSA) is 105 Å². The highest BCUT2D eigenvalue weighted by Crippen LogP contribution is 2.43. The molecule has 2 heterocycles. The smallest absolute Gasteiger partial charge is 0.417 e. The van der Waals surface area contributed by atoms with Crippen LogP contribution in [0.4, 0.5) is 23.7 Å². The molecule has 0 aromatic heterocycles. The predicted molar refractivity (Wildman–Crippen MR) is 148 cm³/mol. The van der Waals surface area contributed by atoms with Gasteiger partial charge in [0.2, 0.25) is 0 Å². The van der Waals surface area contributed by atoms with Crippen molar-refractivity contribution in [2.75, 3.05) is 16.4 Å². The summed E-state index contributed by atoms with van der Waals surface area (Å²) in [6.45, 7) is 5.01. The van der Waals surface area contributed by atoms with E-state index < -0.39 is 61.5 Å². The first-order valence-corrected chi connectivity index (χ1v) is 15.3. The van der Waals surface area contributed by atoms with Gasteiger partial charge in [0, 0.05) is 17.4 Å². The SMILES string of the molecule is CC(C)(C)OC(=O)N[C@H](Cc1ccccc1)C(=O)N=C1S[C@@H]2CS(=O)(=O)C[C@H]2N1c1ccc(Cl)c(C(F)(F)F)c1. The summed E-state index contributed by atoms with van der Waals surface area (Å²) in [6, 6.07) is 10.2. The maximum atomic E-state index is 13.6. The van der Waals surface area contributed by atoms with Crippen molar-refractivity contribution in [3.63, 3.8) is 0 Å². The Hall–Kier alpha value is -2.77. The van der Waals surface area contributed by atoms with Gasteiger partial charge < -0.3 is 15.0 Å². The first-order valence-electron chi connectivity index (χ1n) is 12.2. The molecule has 2 fully saturated rings. The van der Waals surface area contributed by atoms with Crippen LogP contribution in [0.25, 0.3) is 0 Å². The molecule has 0 radical (unpaired) electrons. The molecular formula is C26H27ClF3N3O5S2. The van der Waals surface area contributed by atoms with Crippen LogP contribution in [0, 0.1) is 0 Å². The number of hydrogen-bond acceptors (Lipinski definition) is 6. The largest absolute Gasteiger partial charge is 0.444 e. The fraction of sp³-hybridized carbons (Fsp3) is 0.423. The molecule has 216 valence electrons. The number of anilines is 1. The Morgan fingerprint density at radius 1 is 1.15 bits per heavy atom. The summed E-state index contributed by atoms with van der Waals surface area (Å²) < 4.78 is 70.9. The van der Waals surface area contributed by atoms with Gasteiger partial charge in [-0.1, -0.05) is 53.7 Å². The molecule has 0 spiro atoms. The average Bonchev–Trinajstić information content (AvgIpc) is 3.28. The molecular weight excluding hydrogens is 591 g/mol. The summed E-state index contributed by atoms with van der Waals surface area (Å²) in [5, 5.41) is 1.51. The first kappa shape index (κ1) is 30.2. The van der Waals surface area contributed by atoms with Crippen LogP contribution in [0.15, 0.2) is 53.5 Å². The zero-order chi connectivity index (χ0) is 29.5. The van der Waals surface area contributed by atoms with Crippen molar-refractivity contribution >= 4 is 56.1 Å². The monoisotopic (exact) mass is 617 g/mol. The Morgan fingerprint density at radius 3 is 2.45 bits per heavy atom. The van der Waals surface area contributed by atoms with E-state index in [0.29, 0.717) is 0 Å². The van der Waals surface area contributed by atoms with Crippen molar-refractivity contribution in [2.45, 2.75) is 56.3 Å². The lowest BCUT2D eigenvalue weighted by Crippen LogP contribution is -2.45. The quantitative estimate of drug-likeness (QED) is 0.498. The Morgan fingerprint density at radius 2 is 1.82 bits per heavy atom. The summed E-state index contributed by atoms with van der Waals surface area (Å²) in [7, 11) is -3.46. The molecule has 14 heteroatoms. The van der Waals surface area contributed by atoms with E-state index in [9.17, 15) is 31.2 Å². The van der Waals surface area contributed by atoms with Gasteiger partial charge >= 0.3 is 12.3 Å². The lowest BCUT2D eigenvalue weighted by molar-refractivity contribution is -0.137. The molecule has 0 unspecified atom stereocenters. The molecule has 4 rings (SSSR count). The normalized spacial score (nSPS) is 22.2. The van der Waals surface area contributed by atoms with Gasteiger partial charge in [0.05, 0.1) is 28.1 Å². The molecule has 40 heavy (non-hydrogen) atoms. The number of aliphatic imine (C=N–C) groups is 1. The standard InChI is InChI=1S/C26H27ClF3N3O5S2/c1-25(2,3)38-24(35)31-19(11-15-7-5-4-6-8-15)22(34)32-23-33(20-13-40(36,37)14-21(20)39-23)16-9-10-18(27)17(12-16)26(28,29)30/h4-10,12,19-21H,11,13-14H2,1-3H3,(H,31,35)/t19-,20-,21-/m1/s1. The van der Waals surface area contributed by atoms with E-state index in [4.69, 9.17) is 16.3 Å². The highest BCUT2D eigenvalue weighted by atomic mass is 35.5. The second kappa shape index (κ2) is 11.2. The highest BCUT2D eigenvalue weighted by molar-refractivity contribution is 8.16. The minimum atomic E-state index is -4.76. The van der Waals surface area contributed by atoms with Crippen molar-refractivity contribution < 1.29 is 35.9 Å². The Labute approximate surface area is 239 Å². The maximum absolute atomic E-state index is 13.6. The molecule has 0 saturated carbocycles. The van der Waals surface area contributed by atoms with Crippen LogP contribution < -0.4 is 10.2 Å². The van der Waals surface area contributed by atoms with Gasteiger partial charge in [0.1, 0.15) is 11.6 Å². The number of nitrogens with zero attached hydrogens (tertiary/aromatic N) is 2. The van der Waals surface area contributed by atoms with E-state index in [1.807, 2.05) is 0 Å². The number of benzene rings is 2. The van der Waals surface area contributed by atoms with E-state index >= 15 is 0 Å². The van der Waals surface area contributed by atoms with Crippen LogP contribution in [-0.2, 0) is 32.0 Å². The zero-order valence-electron chi connectivity index (χ0n) is 21.7. The van der Waals surface area contributed by atoms with Gasteiger partial charge in [0.25, 0.3) is 5.91 Å². The highest BCUT2D eigenvalue weighted by Gasteiger charge is 2.50. The second-order valence-corrected chi connectivity index (χ2v) is 14.2. The van der Waals surface area contributed by atoms with E-state index in [1.54, 1.807) is 51.1 Å². The van der Waals surface area contributed by atoms with Gasteiger partial charge in [-0.25, -0.2) is 13.2 Å². The van der Waals surface area contributed by atoms with E-state index in [0.717, 1.165) is 29.5 Å². The third-order valence-corrected chi connectivity index (χ3v) is 9.62. The van der Waals surface area contributed by atoms with Gasteiger partial charge in [-0.05, 0) is 44.5 Å². The first-order chi connectivity index (χ1) is 18.5. The van der Waals surface area contributed by atoms with Crippen LogP contribution >= 0.6 is 23.4 Å². The van der Waals surface area contributed by atoms with E-state index in [2.05, 4.69) is 10.3 Å².